The first-order valence-corrected chi connectivity index (χ1v) is 9.64. The number of carbonyl (C=O) groups is 1. The maximum atomic E-state index is 13.2. The van der Waals surface area contributed by atoms with Gasteiger partial charge < -0.3 is 5.32 Å². The van der Waals surface area contributed by atoms with Crippen LogP contribution < -0.4 is 5.32 Å². The smallest absolute Gasteiger partial charge is 0.256 e. The molecule has 5 aromatic rings. The summed E-state index contributed by atoms with van der Waals surface area (Å²) >= 11 is 0. The number of nitrogens with zero attached hydrogens (tertiary/aromatic N) is 6. The van der Waals surface area contributed by atoms with Crippen molar-refractivity contribution in [3.05, 3.63) is 90.5 Å². The lowest BCUT2D eigenvalue weighted by molar-refractivity contribution is 0.102. The molecule has 3 aromatic heterocycles. The monoisotopic (exact) mass is 407 g/mol. The molecule has 0 saturated heterocycles. The van der Waals surface area contributed by atoms with Crippen molar-refractivity contribution in [3.63, 3.8) is 0 Å². The van der Waals surface area contributed by atoms with Crippen LogP contribution >= 0.6 is 0 Å². The van der Waals surface area contributed by atoms with E-state index in [4.69, 9.17) is 4.98 Å². The molecule has 0 aliphatic heterocycles. The Morgan fingerprint density at radius 3 is 2.71 bits per heavy atom. The summed E-state index contributed by atoms with van der Waals surface area (Å²) in [5.41, 5.74) is 5.30. The third-order valence-corrected chi connectivity index (χ3v) is 4.97. The molecular formula is C23H17N7O. The summed E-state index contributed by atoms with van der Waals surface area (Å²) in [6, 6.07) is 18.8. The SMILES string of the molecule is Cc1cc(NC(=O)c2cc(-c3cccnc3)nc3ccccc23)ccc1-n1cnnn1. The van der Waals surface area contributed by atoms with Crippen molar-refractivity contribution in [2.45, 2.75) is 6.92 Å². The van der Waals surface area contributed by atoms with Crippen LogP contribution in [0, 0.1) is 6.92 Å². The number of rotatable bonds is 4. The molecule has 0 saturated carbocycles. The van der Waals surface area contributed by atoms with Crippen molar-refractivity contribution in [3.8, 4) is 16.9 Å². The van der Waals surface area contributed by atoms with E-state index in [1.165, 1.54) is 6.33 Å². The van der Waals surface area contributed by atoms with E-state index >= 15 is 0 Å². The van der Waals surface area contributed by atoms with E-state index < -0.39 is 0 Å². The van der Waals surface area contributed by atoms with Crippen LogP contribution in [-0.2, 0) is 0 Å². The largest absolute Gasteiger partial charge is 0.322 e. The Kier molecular flexibility index (Phi) is 4.64. The normalized spacial score (nSPS) is 10.9. The van der Waals surface area contributed by atoms with Crippen molar-refractivity contribution in [1.29, 1.82) is 0 Å². The van der Waals surface area contributed by atoms with Gasteiger partial charge in [-0.25, -0.2) is 9.67 Å². The van der Waals surface area contributed by atoms with E-state index in [1.54, 1.807) is 23.1 Å². The fourth-order valence-corrected chi connectivity index (χ4v) is 3.49. The van der Waals surface area contributed by atoms with Crippen LogP contribution in [0.25, 0.3) is 27.8 Å². The summed E-state index contributed by atoms with van der Waals surface area (Å²) in [7, 11) is 0. The van der Waals surface area contributed by atoms with Crippen LogP contribution in [0.4, 0.5) is 5.69 Å². The summed E-state index contributed by atoms with van der Waals surface area (Å²) in [5.74, 6) is -0.210. The van der Waals surface area contributed by atoms with Crippen LogP contribution in [-0.4, -0.2) is 36.1 Å². The Labute approximate surface area is 177 Å². The molecule has 8 nitrogen and oxygen atoms in total. The highest BCUT2D eigenvalue weighted by atomic mass is 16.1. The molecule has 1 amide bonds. The number of carbonyl (C=O) groups excluding carboxylic acids is 1. The number of fused-ring (bicyclic) bond motifs is 1. The number of para-hydroxylation sites is 1. The summed E-state index contributed by atoms with van der Waals surface area (Å²) in [5, 5.41) is 15.0. The minimum atomic E-state index is -0.210. The summed E-state index contributed by atoms with van der Waals surface area (Å²) in [4.78, 5) is 22.1. The molecule has 0 radical (unpaired) electrons. The lowest BCUT2D eigenvalue weighted by Gasteiger charge is -2.12. The average molecular weight is 407 g/mol. The number of nitrogens with one attached hydrogen (secondary N) is 1. The molecule has 5 rings (SSSR count). The predicted octanol–water partition coefficient (Wildman–Crippen LogP) is 3.83. The predicted molar refractivity (Wildman–Crippen MR) is 117 cm³/mol. The summed E-state index contributed by atoms with van der Waals surface area (Å²) in [6.07, 6.45) is 4.98. The number of pyridine rings is 2. The molecule has 1 N–H and O–H groups in total. The first-order valence-electron chi connectivity index (χ1n) is 9.64. The summed E-state index contributed by atoms with van der Waals surface area (Å²) in [6.45, 7) is 1.94. The minimum Gasteiger partial charge on any atom is -0.322 e. The number of tetrazole rings is 1. The topological polar surface area (TPSA) is 98.5 Å². The molecule has 8 heteroatoms. The van der Waals surface area contributed by atoms with Crippen molar-refractivity contribution >= 4 is 22.5 Å². The fraction of sp³-hybridized carbons (Fsp3) is 0.0435. The van der Waals surface area contributed by atoms with E-state index in [-0.39, 0.29) is 5.91 Å². The van der Waals surface area contributed by atoms with Gasteiger partial charge in [-0.3, -0.25) is 9.78 Å². The Morgan fingerprint density at radius 2 is 1.94 bits per heavy atom. The van der Waals surface area contributed by atoms with Gasteiger partial charge in [0, 0.05) is 29.0 Å². The van der Waals surface area contributed by atoms with Gasteiger partial charge in [-0.2, -0.15) is 0 Å². The second kappa shape index (κ2) is 7.75. The molecule has 150 valence electrons. The maximum Gasteiger partial charge on any atom is 0.256 e. The lowest BCUT2D eigenvalue weighted by Crippen LogP contribution is -2.13. The van der Waals surface area contributed by atoms with Crippen molar-refractivity contribution in [2.24, 2.45) is 0 Å². The van der Waals surface area contributed by atoms with Gasteiger partial charge in [-0.1, -0.05) is 18.2 Å². The number of anilines is 1. The average Bonchev–Trinajstić information content (AvgIpc) is 3.33. The number of benzene rings is 2. The third kappa shape index (κ3) is 3.62. The van der Waals surface area contributed by atoms with Gasteiger partial charge in [-0.05, 0) is 65.4 Å². The standard InChI is InChI=1S/C23H17N7O/c1-15-11-17(8-9-22(15)30-14-25-28-29-30)26-23(31)19-12-21(16-5-4-10-24-13-16)27-20-7-3-2-6-18(19)20/h2-14H,1H3,(H,26,31). The highest BCUT2D eigenvalue weighted by Crippen LogP contribution is 2.26. The van der Waals surface area contributed by atoms with Gasteiger partial charge in [0.05, 0.1) is 22.5 Å². The molecule has 0 aliphatic carbocycles. The van der Waals surface area contributed by atoms with Gasteiger partial charge >= 0.3 is 0 Å². The molecule has 3 heterocycles. The maximum absolute atomic E-state index is 13.2. The second-order valence-electron chi connectivity index (χ2n) is 7.02. The van der Waals surface area contributed by atoms with Gasteiger partial charge in [0.25, 0.3) is 5.91 Å². The molecular weight excluding hydrogens is 390 g/mol. The zero-order chi connectivity index (χ0) is 21.2. The zero-order valence-electron chi connectivity index (χ0n) is 16.6. The minimum absolute atomic E-state index is 0.210. The lowest BCUT2D eigenvalue weighted by atomic mass is 10.0. The second-order valence-corrected chi connectivity index (χ2v) is 7.02. The Morgan fingerprint density at radius 1 is 1.03 bits per heavy atom. The zero-order valence-corrected chi connectivity index (χ0v) is 16.6. The number of aromatic nitrogens is 6. The van der Waals surface area contributed by atoms with Crippen LogP contribution in [0.15, 0.2) is 79.4 Å². The molecule has 0 fully saturated rings. The Balaban J connectivity index is 1.52. The van der Waals surface area contributed by atoms with E-state index in [0.29, 0.717) is 16.9 Å². The van der Waals surface area contributed by atoms with Gasteiger partial charge in [0.2, 0.25) is 0 Å². The molecule has 0 atom stereocenters. The van der Waals surface area contributed by atoms with E-state index in [0.717, 1.165) is 27.7 Å². The van der Waals surface area contributed by atoms with Crippen LogP contribution in [0.2, 0.25) is 0 Å². The number of hydrogen-bond donors (Lipinski definition) is 1. The molecule has 0 bridgehead atoms. The van der Waals surface area contributed by atoms with Crippen LogP contribution in [0.3, 0.4) is 0 Å². The van der Waals surface area contributed by atoms with Crippen molar-refractivity contribution in [1.82, 2.24) is 30.2 Å². The van der Waals surface area contributed by atoms with E-state index in [1.807, 2.05) is 61.5 Å². The van der Waals surface area contributed by atoms with Crippen LogP contribution in [0.5, 0.6) is 0 Å². The van der Waals surface area contributed by atoms with E-state index in [9.17, 15) is 4.79 Å². The highest BCUT2D eigenvalue weighted by Gasteiger charge is 2.15. The van der Waals surface area contributed by atoms with Crippen molar-refractivity contribution < 1.29 is 4.79 Å². The third-order valence-electron chi connectivity index (χ3n) is 4.97. The molecule has 0 unspecified atom stereocenters. The summed E-state index contributed by atoms with van der Waals surface area (Å²) < 4.78 is 1.58. The number of aryl methyl sites for hydroxylation is 1. The highest BCUT2D eigenvalue weighted by molar-refractivity contribution is 6.13. The van der Waals surface area contributed by atoms with E-state index in [2.05, 4.69) is 25.8 Å². The number of amides is 1. The van der Waals surface area contributed by atoms with Gasteiger partial charge in [0.15, 0.2) is 0 Å². The molecule has 31 heavy (non-hydrogen) atoms. The first-order chi connectivity index (χ1) is 15.2. The van der Waals surface area contributed by atoms with Crippen LogP contribution in [0.1, 0.15) is 15.9 Å². The van der Waals surface area contributed by atoms with Crippen molar-refractivity contribution in [2.75, 3.05) is 5.32 Å². The van der Waals surface area contributed by atoms with Gasteiger partial charge in [0.1, 0.15) is 6.33 Å². The Bertz CT molecular complexity index is 1380. The Hall–Kier alpha value is -4.46. The molecule has 0 spiro atoms. The fourth-order valence-electron chi connectivity index (χ4n) is 3.49. The molecule has 2 aromatic carbocycles. The quantitative estimate of drug-likeness (QED) is 0.486. The number of hydrogen-bond acceptors (Lipinski definition) is 6. The van der Waals surface area contributed by atoms with Gasteiger partial charge in [-0.15, -0.1) is 5.10 Å². The first kappa shape index (κ1) is 18.6. The molecule has 0 aliphatic rings.